The third-order valence-corrected chi connectivity index (χ3v) is 4.27. The second kappa shape index (κ2) is 7.76. The Labute approximate surface area is 148 Å². The molecule has 0 unspecified atom stereocenters. The number of hydrogen-bond donors (Lipinski definition) is 2. The van der Waals surface area contributed by atoms with Crippen LogP contribution in [0.4, 0.5) is 5.69 Å². The zero-order chi connectivity index (χ0) is 19.3. The van der Waals surface area contributed by atoms with E-state index in [1.165, 1.54) is 12.1 Å². The Morgan fingerprint density at radius 2 is 1.92 bits per heavy atom. The Kier molecular flexibility index (Phi) is 5.70. The van der Waals surface area contributed by atoms with Crippen LogP contribution in [0, 0.1) is 10.1 Å². The van der Waals surface area contributed by atoms with E-state index in [1.54, 1.807) is 12.2 Å². The topological polar surface area (TPSA) is 138 Å². The van der Waals surface area contributed by atoms with E-state index in [-0.39, 0.29) is 0 Å². The van der Waals surface area contributed by atoms with Gasteiger partial charge < -0.3 is 10.0 Å². The average Bonchev–Trinajstić information content (AvgIpc) is 2.61. The number of fused-ring (bicyclic) bond motifs is 1. The minimum atomic E-state index is -4.52. The van der Waals surface area contributed by atoms with Crippen LogP contribution in [0.25, 0.3) is 0 Å². The molecule has 0 aliphatic carbocycles. The third kappa shape index (κ3) is 4.65. The molecule has 26 heavy (non-hydrogen) atoms. The molecule has 0 saturated heterocycles. The van der Waals surface area contributed by atoms with Crippen molar-refractivity contribution in [1.82, 2.24) is 4.90 Å². The summed E-state index contributed by atoms with van der Waals surface area (Å²) in [5, 5.41) is 19.1. The van der Waals surface area contributed by atoms with Gasteiger partial charge in [-0.25, -0.2) is 4.79 Å². The summed E-state index contributed by atoms with van der Waals surface area (Å²) >= 11 is 0. The zero-order valence-corrected chi connectivity index (χ0v) is 14.0. The summed E-state index contributed by atoms with van der Waals surface area (Å²) in [6, 6.07) is 4.57. The number of hydrogen-bond acceptors (Lipinski definition) is 6. The van der Waals surface area contributed by atoms with E-state index in [1.807, 2.05) is 29.3 Å². The first-order chi connectivity index (χ1) is 12.2. The molecule has 0 spiro atoms. The lowest BCUT2D eigenvalue weighted by Crippen LogP contribution is -2.22. The summed E-state index contributed by atoms with van der Waals surface area (Å²) in [5.41, 5.74) is 0.665. The second-order valence-electron chi connectivity index (χ2n) is 5.09. The maximum Gasteiger partial charge on any atom is 0.335 e. The molecule has 2 heterocycles. The van der Waals surface area contributed by atoms with Gasteiger partial charge in [0, 0.05) is 24.5 Å². The minimum Gasteiger partial charge on any atom is -0.478 e. The Balaban J connectivity index is 0.000000187. The van der Waals surface area contributed by atoms with E-state index < -0.39 is 31.6 Å². The Bertz CT molecular complexity index is 959. The lowest BCUT2D eigenvalue weighted by atomic mass is 10.1. The van der Waals surface area contributed by atoms with Gasteiger partial charge in [-0.3, -0.25) is 14.7 Å². The lowest BCUT2D eigenvalue weighted by molar-refractivity contribution is -0.387. The highest BCUT2D eigenvalue weighted by atomic mass is 32.2. The first-order valence-corrected chi connectivity index (χ1v) is 8.61. The van der Waals surface area contributed by atoms with Crippen LogP contribution >= 0.6 is 0 Å². The molecule has 0 fully saturated rings. The van der Waals surface area contributed by atoms with Crippen molar-refractivity contribution < 1.29 is 27.8 Å². The van der Waals surface area contributed by atoms with Crippen molar-refractivity contribution >= 4 is 21.8 Å². The number of nitrogens with zero attached hydrogens (tertiary/aromatic N) is 2. The van der Waals surface area contributed by atoms with Crippen LogP contribution in [-0.4, -0.2) is 40.4 Å². The Morgan fingerprint density at radius 3 is 2.50 bits per heavy atom. The highest BCUT2D eigenvalue weighted by molar-refractivity contribution is 7.86. The molecule has 0 saturated carbocycles. The predicted octanol–water partition coefficient (Wildman–Crippen LogP) is 2.12. The van der Waals surface area contributed by atoms with Crippen LogP contribution in [0.15, 0.2) is 77.0 Å². The number of carboxylic acid groups (broad SMARTS) is 1. The van der Waals surface area contributed by atoms with Gasteiger partial charge in [-0.1, -0.05) is 24.3 Å². The number of benzene rings is 1. The quantitative estimate of drug-likeness (QED) is 0.463. The number of nitro benzene ring substituents is 1. The van der Waals surface area contributed by atoms with Crippen LogP contribution in [0.1, 0.15) is 0 Å². The molecule has 0 atom stereocenters. The molecule has 3 rings (SSSR count). The first-order valence-electron chi connectivity index (χ1n) is 7.17. The minimum absolute atomic E-state index is 0.367. The molecular formula is C16H14N2O7S. The molecule has 136 valence electrons. The van der Waals surface area contributed by atoms with Gasteiger partial charge in [0.2, 0.25) is 0 Å². The molecular weight excluding hydrogens is 364 g/mol. The third-order valence-electron chi connectivity index (χ3n) is 3.37. The Hall–Kier alpha value is -3.24. The monoisotopic (exact) mass is 378 g/mol. The highest BCUT2D eigenvalue weighted by Crippen LogP contribution is 2.22. The van der Waals surface area contributed by atoms with E-state index in [4.69, 9.17) is 9.66 Å². The van der Waals surface area contributed by atoms with Crippen molar-refractivity contribution in [3.05, 3.63) is 82.2 Å². The highest BCUT2D eigenvalue weighted by Gasteiger charge is 2.22. The average molecular weight is 378 g/mol. The molecule has 1 aromatic carbocycles. The summed E-state index contributed by atoms with van der Waals surface area (Å²) in [6.07, 6.45) is 11.0. The lowest BCUT2D eigenvalue weighted by Gasteiger charge is -2.25. The van der Waals surface area contributed by atoms with Crippen LogP contribution < -0.4 is 0 Å². The molecule has 2 aliphatic rings. The van der Waals surface area contributed by atoms with Crippen LogP contribution in [0.3, 0.4) is 0 Å². The second-order valence-corrected chi connectivity index (χ2v) is 6.48. The van der Waals surface area contributed by atoms with Gasteiger partial charge in [0.05, 0.1) is 10.5 Å². The smallest absolute Gasteiger partial charge is 0.335 e. The van der Waals surface area contributed by atoms with Crippen molar-refractivity contribution in [2.24, 2.45) is 0 Å². The SMILES string of the molecule is O=C(O)C1=CCN2C=CC=CC2=C1.O=[N+]([O-])c1ccccc1S(=O)(=O)O. The number of carboxylic acids is 1. The van der Waals surface area contributed by atoms with E-state index in [2.05, 4.69) is 0 Å². The van der Waals surface area contributed by atoms with Gasteiger partial charge in [0.1, 0.15) is 0 Å². The molecule has 9 nitrogen and oxygen atoms in total. The normalized spacial score (nSPS) is 15.2. The zero-order valence-electron chi connectivity index (χ0n) is 13.2. The number of carbonyl (C=O) groups is 1. The molecule has 2 N–H and O–H groups in total. The van der Waals surface area contributed by atoms with Gasteiger partial charge in [-0.05, 0) is 24.3 Å². The maximum absolute atomic E-state index is 10.7. The summed E-state index contributed by atoms with van der Waals surface area (Å²) in [7, 11) is -4.52. The molecule has 0 bridgehead atoms. The fraction of sp³-hybridized carbons (Fsp3) is 0.0625. The van der Waals surface area contributed by atoms with E-state index in [0.29, 0.717) is 12.1 Å². The molecule has 0 aromatic heterocycles. The maximum atomic E-state index is 10.7. The fourth-order valence-corrected chi connectivity index (χ4v) is 2.83. The number of aliphatic carboxylic acids is 1. The number of allylic oxidation sites excluding steroid dienone is 3. The van der Waals surface area contributed by atoms with Gasteiger partial charge in [-0.15, -0.1) is 0 Å². The van der Waals surface area contributed by atoms with E-state index >= 15 is 0 Å². The number of para-hydroxylation sites is 1. The Morgan fingerprint density at radius 1 is 1.23 bits per heavy atom. The largest absolute Gasteiger partial charge is 0.478 e. The van der Waals surface area contributed by atoms with Gasteiger partial charge in [0.15, 0.2) is 4.90 Å². The van der Waals surface area contributed by atoms with Gasteiger partial charge in [-0.2, -0.15) is 8.42 Å². The van der Waals surface area contributed by atoms with Crippen molar-refractivity contribution in [3.8, 4) is 0 Å². The van der Waals surface area contributed by atoms with Crippen molar-refractivity contribution in [1.29, 1.82) is 0 Å². The van der Waals surface area contributed by atoms with Crippen LogP contribution in [0.5, 0.6) is 0 Å². The summed E-state index contributed by atoms with van der Waals surface area (Å²) < 4.78 is 29.8. The molecule has 2 aliphatic heterocycles. The van der Waals surface area contributed by atoms with E-state index in [0.717, 1.165) is 17.8 Å². The van der Waals surface area contributed by atoms with Crippen LogP contribution in [-0.2, 0) is 14.9 Å². The molecule has 1 aromatic rings. The standard InChI is InChI=1S/C10H9NO2.C6H5NO5S/c12-10(13)8-4-6-11-5-2-1-3-9(11)7-8;8-7(9)5-3-1-2-4-6(5)13(10,11)12/h1-5,7H,6H2,(H,12,13);1-4H,(H,10,11,12). The first kappa shape index (κ1) is 19.1. The molecule has 0 amide bonds. The van der Waals surface area contributed by atoms with Crippen LogP contribution in [0.2, 0.25) is 0 Å². The molecule has 10 heteroatoms. The van der Waals surface area contributed by atoms with E-state index in [9.17, 15) is 23.3 Å². The summed E-state index contributed by atoms with van der Waals surface area (Å²) in [5.74, 6) is -0.866. The number of nitro groups is 1. The summed E-state index contributed by atoms with van der Waals surface area (Å²) in [6.45, 7) is 0.633. The van der Waals surface area contributed by atoms with Crippen molar-refractivity contribution in [2.45, 2.75) is 4.90 Å². The summed E-state index contributed by atoms with van der Waals surface area (Å²) in [4.78, 5) is 21.4. The predicted molar refractivity (Wildman–Crippen MR) is 91.7 cm³/mol. The molecule has 0 radical (unpaired) electrons. The van der Waals surface area contributed by atoms with Gasteiger partial charge >= 0.3 is 16.1 Å². The van der Waals surface area contributed by atoms with Crippen molar-refractivity contribution in [2.75, 3.05) is 6.54 Å². The fourth-order valence-electron chi connectivity index (χ4n) is 2.18. The van der Waals surface area contributed by atoms with Crippen molar-refractivity contribution in [3.63, 3.8) is 0 Å². The van der Waals surface area contributed by atoms with Gasteiger partial charge in [0.25, 0.3) is 5.69 Å². The number of rotatable bonds is 3.